The molecule has 0 amide bonds. The van der Waals surface area contributed by atoms with Crippen molar-refractivity contribution in [1.29, 1.82) is 0 Å². The molecule has 0 spiro atoms. The monoisotopic (exact) mass is 277 g/mol. The van der Waals surface area contributed by atoms with Gasteiger partial charge in [-0.15, -0.1) is 0 Å². The third-order valence-corrected chi connectivity index (χ3v) is 4.21. The van der Waals surface area contributed by atoms with Crippen LogP contribution in [0.2, 0.25) is 0 Å². The maximum atomic E-state index is 5.91. The van der Waals surface area contributed by atoms with Crippen molar-refractivity contribution < 1.29 is 0 Å². The molecular weight excluding hydrogens is 254 g/mol. The Morgan fingerprint density at radius 2 is 2.11 bits per heavy atom. The number of rotatable bonds is 2. The first-order chi connectivity index (χ1) is 8.90. The van der Waals surface area contributed by atoms with Crippen molar-refractivity contribution in [2.24, 2.45) is 11.7 Å². The summed E-state index contributed by atoms with van der Waals surface area (Å²) in [6, 6.07) is 2.64. The lowest BCUT2D eigenvalue weighted by Crippen LogP contribution is -2.41. The molecule has 2 heterocycles. The summed E-state index contributed by atoms with van der Waals surface area (Å²) in [5.41, 5.74) is 9.98. The molecule has 0 bridgehead atoms. The van der Waals surface area contributed by atoms with Crippen molar-refractivity contribution in [3.05, 3.63) is 23.0 Å². The van der Waals surface area contributed by atoms with Crippen LogP contribution in [0.5, 0.6) is 0 Å². The van der Waals surface area contributed by atoms with Gasteiger partial charge in [0.05, 0.1) is 11.3 Å². The van der Waals surface area contributed by atoms with Crippen molar-refractivity contribution in [2.45, 2.75) is 46.6 Å². The van der Waals surface area contributed by atoms with E-state index in [9.17, 15) is 0 Å². The van der Waals surface area contributed by atoms with Crippen molar-refractivity contribution in [3.8, 4) is 0 Å². The lowest BCUT2D eigenvalue weighted by atomic mass is 9.92. The summed E-state index contributed by atoms with van der Waals surface area (Å²) in [5, 5.41) is 0. The molecule has 2 rings (SSSR count). The Kier molecular flexibility index (Phi) is 4.09. The van der Waals surface area contributed by atoms with Crippen molar-refractivity contribution >= 4 is 22.9 Å². The molecule has 104 valence electrons. The average Bonchev–Trinajstić information content (AvgIpc) is 2.26. The van der Waals surface area contributed by atoms with Crippen LogP contribution in [0.1, 0.15) is 43.6 Å². The highest BCUT2D eigenvalue weighted by molar-refractivity contribution is 7.80. The van der Waals surface area contributed by atoms with Gasteiger partial charge in [0, 0.05) is 24.0 Å². The number of hydrogen-bond acceptors (Lipinski definition) is 3. The van der Waals surface area contributed by atoms with E-state index in [0.29, 0.717) is 11.0 Å². The number of hydrogen-bond donors (Lipinski definition) is 1. The summed E-state index contributed by atoms with van der Waals surface area (Å²) in [7, 11) is 0. The molecule has 4 heteroatoms. The van der Waals surface area contributed by atoms with Gasteiger partial charge < -0.3 is 10.6 Å². The lowest BCUT2D eigenvalue weighted by Gasteiger charge is -2.39. The van der Waals surface area contributed by atoms with Crippen LogP contribution in [-0.2, 0) is 0 Å². The van der Waals surface area contributed by atoms with E-state index in [2.05, 4.69) is 29.8 Å². The van der Waals surface area contributed by atoms with Crippen molar-refractivity contribution in [2.75, 3.05) is 11.4 Å². The SMILES string of the molecule is Cc1cc(N2CCC(C)CC2C)c(C(N)=S)c(C)n1. The molecule has 0 aromatic carbocycles. The van der Waals surface area contributed by atoms with E-state index in [1.807, 2.05) is 13.8 Å². The molecule has 0 aliphatic carbocycles. The number of nitrogens with zero attached hydrogens (tertiary/aromatic N) is 2. The minimum absolute atomic E-state index is 0.450. The van der Waals surface area contributed by atoms with E-state index in [0.717, 1.165) is 35.1 Å². The third kappa shape index (κ3) is 2.89. The zero-order valence-corrected chi connectivity index (χ0v) is 13.0. The summed E-state index contributed by atoms with van der Waals surface area (Å²) in [4.78, 5) is 7.39. The summed E-state index contributed by atoms with van der Waals surface area (Å²) in [6.07, 6.45) is 2.44. The molecule has 1 fully saturated rings. The number of thiocarbonyl (C=S) groups is 1. The molecule has 3 nitrogen and oxygen atoms in total. The third-order valence-electron chi connectivity index (χ3n) is 4.00. The smallest absolute Gasteiger partial charge is 0.107 e. The average molecular weight is 277 g/mol. The van der Waals surface area contributed by atoms with Crippen LogP contribution >= 0.6 is 12.2 Å². The molecule has 2 N–H and O–H groups in total. The number of pyridine rings is 1. The fourth-order valence-corrected chi connectivity index (χ4v) is 3.36. The van der Waals surface area contributed by atoms with Gasteiger partial charge in [0.1, 0.15) is 4.99 Å². The zero-order valence-electron chi connectivity index (χ0n) is 12.2. The van der Waals surface area contributed by atoms with Gasteiger partial charge >= 0.3 is 0 Å². The van der Waals surface area contributed by atoms with E-state index >= 15 is 0 Å². The number of piperidine rings is 1. The van der Waals surface area contributed by atoms with Gasteiger partial charge in [-0.2, -0.15) is 0 Å². The summed E-state index contributed by atoms with van der Waals surface area (Å²) in [5.74, 6) is 0.795. The molecule has 1 aliphatic heterocycles. The quantitative estimate of drug-likeness (QED) is 0.844. The standard InChI is InChI=1S/C15H23N3S/c1-9-5-6-18(11(3)7-9)13-8-10(2)17-12(4)14(13)15(16)19/h8-9,11H,5-7H2,1-4H3,(H2,16,19). The molecule has 1 saturated heterocycles. The first kappa shape index (κ1) is 14.3. The fourth-order valence-electron chi connectivity index (χ4n) is 3.10. The second-order valence-electron chi connectivity index (χ2n) is 5.78. The fraction of sp³-hybridized carbons (Fsp3) is 0.600. The zero-order chi connectivity index (χ0) is 14.2. The Morgan fingerprint density at radius 3 is 2.68 bits per heavy atom. The summed E-state index contributed by atoms with van der Waals surface area (Å²) < 4.78 is 0. The summed E-state index contributed by atoms with van der Waals surface area (Å²) in [6.45, 7) is 9.69. The normalized spacial score (nSPS) is 23.5. The summed E-state index contributed by atoms with van der Waals surface area (Å²) >= 11 is 5.22. The Balaban J connectivity index is 2.46. The highest BCUT2D eigenvalue weighted by Gasteiger charge is 2.26. The van der Waals surface area contributed by atoms with Gasteiger partial charge in [0.15, 0.2) is 0 Å². The highest BCUT2D eigenvalue weighted by Crippen LogP contribution is 2.31. The number of anilines is 1. The van der Waals surface area contributed by atoms with Crippen LogP contribution in [0.25, 0.3) is 0 Å². The van der Waals surface area contributed by atoms with Crippen LogP contribution < -0.4 is 10.6 Å². The van der Waals surface area contributed by atoms with Gasteiger partial charge in [-0.05, 0) is 45.6 Å². The van der Waals surface area contributed by atoms with Crippen molar-refractivity contribution in [3.63, 3.8) is 0 Å². The Bertz CT molecular complexity index is 498. The van der Waals surface area contributed by atoms with E-state index in [4.69, 9.17) is 18.0 Å². The lowest BCUT2D eigenvalue weighted by molar-refractivity contribution is 0.377. The van der Waals surface area contributed by atoms with Crippen molar-refractivity contribution in [1.82, 2.24) is 4.98 Å². The minimum atomic E-state index is 0.450. The molecule has 1 aromatic heterocycles. The molecule has 2 unspecified atom stereocenters. The Labute approximate surface area is 121 Å². The molecule has 0 radical (unpaired) electrons. The first-order valence-corrected chi connectivity index (χ1v) is 7.35. The predicted molar refractivity (Wildman–Crippen MR) is 84.8 cm³/mol. The van der Waals surface area contributed by atoms with Gasteiger partial charge in [-0.3, -0.25) is 4.98 Å². The molecule has 2 atom stereocenters. The van der Waals surface area contributed by atoms with E-state index in [1.165, 1.54) is 12.8 Å². The van der Waals surface area contributed by atoms with Gasteiger partial charge in [-0.1, -0.05) is 19.1 Å². The van der Waals surface area contributed by atoms with Gasteiger partial charge in [0.25, 0.3) is 0 Å². The largest absolute Gasteiger partial charge is 0.389 e. The highest BCUT2D eigenvalue weighted by atomic mass is 32.1. The van der Waals surface area contributed by atoms with E-state index in [-0.39, 0.29) is 0 Å². The maximum Gasteiger partial charge on any atom is 0.107 e. The van der Waals surface area contributed by atoms with Crippen LogP contribution in [0, 0.1) is 19.8 Å². The van der Waals surface area contributed by atoms with Gasteiger partial charge in [-0.25, -0.2) is 0 Å². The van der Waals surface area contributed by atoms with E-state index < -0.39 is 0 Å². The van der Waals surface area contributed by atoms with Crippen LogP contribution in [0.15, 0.2) is 6.07 Å². The molecule has 1 aromatic rings. The first-order valence-electron chi connectivity index (χ1n) is 6.94. The van der Waals surface area contributed by atoms with Crippen LogP contribution in [0.4, 0.5) is 5.69 Å². The maximum absolute atomic E-state index is 5.91. The van der Waals surface area contributed by atoms with E-state index in [1.54, 1.807) is 0 Å². The second-order valence-corrected chi connectivity index (χ2v) is 6.22. The Morgan fingerprint density at radius 1 is 1.42 bits per heavy atom. The van der Waals surface area contributed by atoms with Crippen LogP contribution in [-0.4, -0.2) is 22.6 Å². The topological polar surface area (TPSA) is 42.1 Å². The number of aromatic nitrogens is 1. The molecule has 19 heavy (non-hydrogen) atoms. The Hall–Kier alpha value is -1.16. The second kappa shape index (κ2) is 5.45. The molecule has 1 aliphatic rings. The number of nitrogens with two attached hydrogens (primary N) is 1. The molecular formula is C15H23N3S. The van der Waals surface area contributed by atoms with Gasteiger partial charge in [0.2, 0.25) is 0 Å². The van der Waals surface area contributed by atoms with Crippen LogP contribution in [0.3, 0.4) is 0 Å². The predicted octanol–water partition coefficient (Wildman–Crippen LogP) is 2.96. The molecule has 0 saturated carbocycles. The number of aryl methyl sites for hydroxylation is 2. The minimum Gasteiger partial charge on any atom is -0.389 e.